The molecule has 6 rings (SSSR count). The van der Waals surface area contributed by atoms with Crippen LogP contribution in [0.5, 0.6) is 0 Å². The Balaban J connectivity index is 1.17. The van der Waals surface area contributed by atoms with E-state index in [0.717, 1.165) is 13.1 Å². The molecule has 0 spiro atoms. The number of aliphatic hydroxyl groups excluding tert-OH is 3. The lowest BCUT2D eigenvalue weighted by Gasteiger charge is -2.42. The molecule has 2 aromatic carbocycles. The average Bonchev–Trinajstić information content (AvgIpc) is 3.65. The monoisotopic (exact) mass is 537 g/mol. The molecular weight excluding hydrogens is 505 g/mol. The van der Waals surface area contributed by atoms with Gasteiger partial charge in [0.15, 0.2) is 6.10 Å². The van der Waals surface area contributed by atoms with Crippen molar-refractivity contribution < 1.29 is 29.2 Å². The van der Waals surface area contributed by atoms with Crippen molar-refractivity contribution in [2.45, 2.75) is 37.4 Å². The number of hydrogen-bond acceptors (Lipinski definition) is 8. The van der Waals surface area contributed by atoms with E-state index in [9.17, 15) is 24.5 Å². The van der Waals surface area contributed by atoms with Gasteiger partial charge in [-0.25, -0.2) is 9.07 Å². The SMILES string of the molecule is Cc1ccc(N2C[C@H]3CN(C(=O)[C@@H]4O[C@H](CO)[C@H](O)[C@H](n5cc(-c6cccc(F)c6)nn5)[C@H]4O)C[C@H]3C2)cc1. The molecule has 39 heavy (non-hydrogen) atoms. The topological polar surface area (TPSA) is 124 Å². The fraction of sp³-hybridized carbons (Fsp3) is 0.464. The van der Waals surface area contributed by atoms with E-state index in [2.05, 4.69) is 46.4 Å². The molecule has 3 saturated heterocycles. The summed E-state index contributed by atoms with van der Waals surface area (Å²) in [6.45, 7) is 4.29. The predicted molar refractivity (Wildman–Crippen MR) is 139 cm³/mol. The Kier molecular flexibility index (Phi) is 6.84. The fourth-order valence-corrected chi connectivity index (χ4v) is 6.14. The highest BCUT2D eigenvalue weighted by Crippen LogP contribution is 2.37. The number of aromatic nitrogens is 3. The summed E-state index contributed by atoms with van der Waals surface area (Å²) in [7, 11) is 0. The number of nitrogens with zero attached hydrogens (tertiary/aromatic N) is 5. The molecule has 0 saturated carbocycles. The minimum Gasteiger partial charge on any atom is -0.394 e. The first-order valence-corrected chi connectivity index (χ1v) is 13.2. The largest absolute Gasteiger partial charge is 0.394 e. The van der Waals surface area contributed by atoms with E-state index in [4.69, 9.17) is 4.74 Å². The number of halogens is 1. The highest BCUT2D eigenvalue weighted by molar-refractivity contribution is 5.82. The van der Waals surface area contributed by atoms with Gasteiger partial charge in [0.05, 0.1) is 12.8 Å². The summed E-state index contributed by atoms with van der Waals surface area (Å²) >= 11 is 0. The van der Waals surface area contributed by atoms with Gasteiger partial charge >= 0.3 is 0 Å². The number of aryl methyl sites for hydroxylation is 1. The molecule has 3 aliphatic heterocycles. The van der Waals surface area contributed by atoms with Gasteiger partial charge in [-0.15, -0.1) is 5.10 Å². The van der Waals surface area contributed by atoms with Crippen LogP contribution < -0.4 is 4.90 Å². The fourth-order valence-electron chi connectivity index (χ4n) is 6.14. The van der Waals surface area contributed by atoms with E-state index in [1.54, 1.807) is 17.0 Å². The summed E-state index contributed by atoms with van der Waals surface area (Å²) in [5.41, 5.74) is 3.20. The van der Waals surface area contributed by atoms with Gasteiger partial charge in [-0.1, -0.05) is 35.0 Å². The highest BCUT2D eigenvalue weighted by atomic mass is 19.1. The number of carbonyl (C=O) groups is 1. The number of amides is 1. The van der Waals surface area contributed by atoms with Crippen molar-refractivity contribution in [1.29, 1.82) is 0 Å². The van der Waals surface area contributed by atoms with E-state index in [-0.39, 0.29) is 5.91 Å². The van der Waals surface area contributed by atoms with Crippen molar-refractivity contribution in [3.8, 4) is 11.3 Å². The Hall–Kier alpha value is -3.38. The lowest BCUT2D eigenvalue weighted by molar-refractivity contribution is -0.211. The minimum absolute atomic E-state index is 0.301. The lowest BCUT2D eigenvalue weighted by atomic mass is 9.92. The van der Waals surface area contributed by atoms with Crippen LogP contribution in [-0.2, 0) is 9.53 Å². The summed E-state index contributed by atoms with van der Waals surface area (Å²) in [6, 6.07) is 13.2. The number of anilines is 1. The summed E-state index contributed by atoms with van der Waals surface area (Å²) in [4.78, 5) is 17.7. The molecule has 0 radical (unpaired) electrons. The molecule has 3 N–H and O–H groups in total. The number of benzene rings is 2. The second-order valence-corrected chi connectivity index (χ2v) is 10.8. The molecule has 1 amide bonds. The van der Waals surface area contributed by atoms with Crippen LogP contribution >= 0.6 is 0 Å². The van der Waals surface area contributed by atoms with Gasteiger partial charge in [-0.3, -0.25) is 4.79 Å². The zero-order valence-corrected chi connectivity index (χ0v) is 21.5. The Bertz CT molecular complexity index is 1320. The summed E-state index contributed by atoms with van der Waals surface area (Å²) < 4.78 is 20.7. The van der Waals surface area contributed by atoms with E-state index >= 15 is 0 Å². The van der Waals surface area contributed by atoms with Crippen molar-refractivity contribution in [3.05, 3.63) is 66.1 Å². The average molecular weight is 538 g/mol. The van der Waals surface area contributed by atoms with E-state index in [0.29, 0.717) is 36.2 Å². The van der Waals surface area contributed by atoms with E-state index < -0.39 is 42.9 Å². The number of carbonyl (C=O) groups excluding carboxylic acids is 1. The van der Waals surface area contributed by atoms with Crippen LogP contribution in [0.1, 0.15) is 11.6 Å². The van der Waals surface area contributed by atoms with Gasteiger partial charge in [0, 0.05) is 49.3 Å². The first-order valence-electron chi connectivity index (χ1n) is 13.2. The molecule has 3 fully saturated rings. The zero-order valence-electron chi connectivity index (χ0n) is 21.5. The first-order chi connectivity index (χ1) is 18.8. The van der Waals surface area contributed by atoms with Gasteiger partial charge in [-0.05, 0) is 31.2 Å². The van der Waals surface area contributed by atoms with Crippen molar-refractivity contribution in [1.82, 2.24) is 19.9 Å². The third kappa shape index (κ3) is 4.80. The number of hydrogen-bond donors (Lipinski definition) is 3. The quantitative estimate of drug-likeness (QED) is 0.441. The van der Waals surface area contributed by atoms with Gasteiger partial charge in [-0.2, -0.15) is 0 Å². The number of aliphatic hydroxyl groups is 3. The number of fused-ring (bicyclic) bond motifs is 1. The molecule has 0 unspecified atom stereocenters. The van der Waals surface area contributed by atoms with Crippen LogP contribution in [0, 0.1) is 24.6 Å². The van der Waals surface area contributed by atoms with Crippen LogP contribution in [0.15, 0.2) is 54.7 Å². The highest BCUT2D eigenvalue weighted by Gasteiger charge is 2.51. The summed E-state index contributed by atoms with van der Waals surface area (Å²) in [6.07, 6.45) is -3.70. The molecule has 0 bridgehead atoms. The maximum absolute atomic E-state index is 13.7. The van der Waals surface area contributed by atoms with Crippen molar-refractivity contribution in [2.24, 2.45) is 11.8 Å². The Morgan fingerprint density at radius 3 is 2.44 bits per heavy atom. The smallest absolute Gasteiger partial charge is 0.254 e. The molecular formula is C28H32FN5O5. The van der Waals surface area contributed by atoms with E-state index in [1.807, 2.05) is 0 Å². The van der Waals surface area contributed by atoms with Crippen molar-refractivity contribution >= 4 is 11.6 Å². The summed E-state index contributed by atoms with van der Waals surface area (Å²) in [5.74, 6) is -0.207. The second-order valence-electron chi connectivity index (χ2n) is 10.8. The molecule has 206 valence electrons. The molecule has 3 aromatic rings. The van der Waals surface area contributed by atoms with Gasteiger partial charge in [0.1, 0.15) is 35.9 Å². The first kappa shape index (κ1) is 25.9. The molecule has 10 nitrogen and oxygen atoms in total. The van der Waals surface area contributed by atoms with Gasteiger partial charge < -0.3 is 29.9 Å². The maximum atomic E-state index is 13.7. The van der Waals surface area contributed by atoms with Crippen molar-refractivity contribution in [2.75, 3.05) is 37.7 Å². The third-order valence-electron chi connectivity index (χ3n) is 8.27. The summed E-state index contributed by atoms with van der Waals surface area (Å²) in [5, 5.41) is 40.2. The maximum Gasteiger partial charge on any atom is 0.254 e. The molecule has 11 heteroatoms. The normalized spacial score (nSPS) is 30.5. The second kappa shape index (κ2) is 10.3. The predicted octanol–water partition coefficient (Wildman–Crippen LogP) is 1.01. The zero-order chi connectivity index (χ0) is 27.3. The minimum atomic E-state index is -1.44. The van der Waals surface area contributed by atoms with Gasteiger partial charge in [0.25, 0.3) is 5.91 Å². The number of rotatable bonds is 5. The Morgan fingerprint density at radius 2 is 1.77 bits per heavy atom. The Labute approximate surface area is 225 Å². The molecule has 0 aliphatic carbocycles. The molecule has 1 aromatic heterocycles. The molecule has 7 atom stereocenters. The van der Waals surface area contributed by atoms with Crippen LogP contribution in [0.4, 0.5) is 10.1 Å². The van der Waals surface area contributed by atoms with Crippen LogP contribution in [0.2, 0.25) is 0 Å². The third-order valence-corrected chi connectivity index (χ3v) is 8.27. The van der Waals surface area contributed by atoms with E-state index in [1.165, 1.54) is 34.3 Å². The van der Waals surface area contributed by atoms with Crippen molar-refractivity contribution in [3.63, 3.8) is 0 Å². The number of ether oxygens (including phenoxy) is 1. The molecule has 4 heterocycles. The standard InChI is InChI=1S/C28H32FN5O5/c1-16-5-7-21(8-6-16)32-10-18-12-33(13-19(18)11-32)28(38)27-26(37)24(25(36)23(15-35)39-27)34-14-22(30-31-34)17-3-2-4-20(29)9-17/h2-9,14,18-19,23-27,35-37H,10-13,15H2,1H3/t18-,19+,23-,24+,25+,26-,27-/m1/s1. The van der Waals surface area contributed by atoms with Crippen LogP contribution in [-0.4, -0.2) is 98.3 Å². The lowest BCUT2D eigenvalue weighted by Crippen LogP contribution is -2.60. The molecule has 3 aliphatic rings. The van der Waals surface area contributed by atoms with Gasteiger partial charge in [0.2, 0.25) is 0 Å². The van der Waals surface area contributed by atoms with Crippen LogP contribution in [0.3, 0.4) is 0 Å². The Morgan fingerprint density at radius 1 is 1.05 bits per heavy atom. The van der Waals surface area contributed by atoms with Crippen LogP contribution in [0.25, 0.3) is 11.3 Å². The number of likely N-dealkylation sites (tertiary alicyclic amines) is 1.